The number of nitro groups is 1. The molecule has 0 bridgehead atoms. The molecule has 6 nitrogen and oxygen atoms in total. The van der Waals surface area contributed by atoms with Gasteiger partial charge in [0.25, 0.3) is 0 Å². The van der Waals surface area contributed by atoms with Gasteiger partial charge in [0.05, 0.1) is 6.07 Å². The average molecular weight is 341 g/mol. The van der Waals surface area contributed by atoms with Gasteiger partial charge in [-0.05, 0) is 29.8 Å². The zero-order valence-corrected chi connectivity index (χ0v) is 12.6. The Kier molecular flexibility index (Phi) is 5.19. The average Bonchev–Trinajstić information content (AvgIpc) is 2.93. The smallest absolute Gasteiger partial charge is 0.401 e. The predicted molar refractivity (Wildman–Crippen MR) is 82.7 cm³/mol. The lowest BCUT2D eigenvalue weighted by Gasteiger charge is -2.05. The van der Waals surface area contributed by atoms with Crippen LogP contribution in [-0.2, 0) is 11.3 Å². The van der Waals surface area contributed by atoms with E-state index in [0.717, 1.165) is 5.56 Å². The zero-order valence-electron chi connectivity index (χ0n) is 11.1. The largest absolute Gasteiger partial charge is 0.433 e. The Labute approximate surface area is 135 Å². The summed E-state index contributed by atoms with van der Waals surface area (Å²) in [4.78, 5) is 21.5. The molecule has 0 aliphatic rings. The third kappa shape index (κ3) is 4.34. The van der Waals surface area contributed by atoms with Gasteiger partial charge in [-0.2, -0.15) is 0 Å². The molecule has 2 aromatic rings. The second-order valence-corrected chi connectivity index (χ2v) is 5.06. The Morgan fingerprint density at radius 1 is 1.32 bits per heavy atom. The summed E-state index contributed by atoms with van der Waals surface area (Å²) in [5.74, 6) is -0.551. The van der Waals surface area contributed by atoms with Crippen molar-refractivity contribution in [3.63, 3.8) is 0 Å². The lowest BCUT2D eigenvalue weighted by atomic mass is 10.2. The number of halogens is 2. The lowest BCUT2D eigenvalue weighted by molar-refractivity contribution is -0.402. The van der Waals surface area contributed by atoms with Crippen molar-refractivity contribution in [1.29, 1.82) is 0 Å². The quantitative estimate of drug-likeness (QED) is 0.509. The van der Waals surface area contributed by atoms with Crippen molar-refractivity contribution in [2.75, 3.05) is 0 Å². The molecule has 2 rings (SSSR count). The van der Waals surface area contributed by atoms with Gasteiger partial charge >= 0.3 is 5.88 Å². The predicted octanol–water partition coefficient (Wildman–Crippen LogP) is 3.82. The Morgan fingerprint density at radius 2 is 2.09 bits per heavy atom. The first-order valence-corrected chi connectivity index (χ1v) is 6.85. The number of nitrogens with zero attached hydrogens (tertiary/aromatic N) is 1. The first-order chi connectivity index (χ1) is 10.5. The Morgan fingerprint density at radius 3 is 2.73 bits per heavy atom. The summed E-state index contributed by atoms with van der Waals surface area (Å²) in [6.07, 6.45) is 2.55. The van der Waals surface area contributed by atoms with E-state index in [-0.39, 0.29) is 24.1 Å². The number of furan rings is 1. The van der Waals surface area contributed by atoms with Crippen LogP contribution in [0.5, 0.6) is 0 Å². The van der Waals surface area contributed by atoms with Gasteiger partial charge in [0.2, 0.25) is 5.91 Å². The van der Waals surface area contributed by atoms with Crippen LogP contribution in [-0.4, -0.2) is 10.8 Å². The molecule has 0 aliphatic carbocycles. The van der Waals surface area contributed by atoms with Crippen molar-refractivity contribution >= 4 is 41.1 Å². The summed E-state index contributed by atoms with van der Waals surface area (Å²) in [6, 6.07) is 7.59. The minimum absolute atomic E-state index is 0.214. The number of hydrogen-bond acceptors (Lipinski definition) is 4. The molecule has 0 saturated carbocycles. The second kappa shape index (κ2) is 7.11. The Hall–Kier alpha value is -2.31. The molecule has 0 radical (unpaired) electrons. The monoisotopic (exact) mass is 340 g/mol. The van der Waals surface area contributed by atoms with E-state index < -0.39 is 4.92 Å². The van der Waals surface area contributed by atoms with Crippen LogP contribution in [0.2, 0.25) is 10.0 Å². The van der Waals surface area contributed by atoms with Crippen molar-refractivity contribution in [2.24, 2.45) is 0 Å². The van der Waals surface area contributed by atoms with Crippen LogP contribution in [0, 0.1) is 10.1 Å². The van der Waals surface area contributed by atoms with E-state index in [2.05, 4.69) is 5.32 Å². The molecular weight excluding hydrogens is 331 g/mol. The fraction of sp³-hybridized carbons (Fsp3) is 0.0714. The van der Waals surface area contributed by atoms with Crippen LogP contribution in [0.15, 0.2) is 40.8 Å². The molecule has 0 fully saturated rings. The van der Waals surface area contributed by atoms with E-state index in [9.17, 15) is 14.9 Å². The molecule has 1 aromatic carbocycles. The summed E-state index contributed by atoms with van der Waals surface area (Å²) in [6.45, 7) is 0.234. The first kappa shape index (κ1) is 16.1. The fourth-order valence-electron chi connectivity index (χ4n) is 1.59. The molecule has 1 amide bonds. The van der Waals surface area contributed by atoms with E-state index in [1.165, 1.54) is 24.3 Å². The minimum Gasteiger partial charge on any atom is -0.401 e. The Bertz CT molecular complexity index is 740. The topological polar surface area (TPSA) is 85.4 Å². The van der Waals surface area contributed by atoms with Crippen LogP contribution in [0.25, 0.3) is 6.08 Å². The number of carbonyl (C=O) groups is 1. The molecular formula is C14H10Cl2N2O4. The number of rotatable bonds is 5. The number of hydrogen-bond donors (Lipinski definition) is 1. The van der Waals surface area contributed by atoms with Gasteiger partial charge < -0.3 is 9.73 Å². The molecule has 1 aromatic heterocycles. The molecule has 114 valence electrons. The molecule has 1 heterocycles. The van der Waals surface area contributed by atoms with E-state index in [1.807, 2.05) is 0 Å². The van der Waals surface area contributed by atoms with Crippen LogP contribution in [0.3, 0.4) is 0 Å². The number of nitrogens with one attached hydrogen (secondary N) is 1. The molecule has 22 heavy (non-hydrogen) atoms. The second-order valence-electron chi connectivity index (χ2n) is 4.22. The van der Waals surface area contributed by atoms with Crippen LogP contribution < -0.4 is 5.32 Å². The molecule has 8 heteroatoms. The summed E-state index contributed by atoms with van der Waals surface area (Å²) < 4.78 is 4.89. The number of carbonyl (C=O) groups excluding carboxylic acids is 1. The van der Waals surface area contributed by atoms with Gasteiger partial charge in [-0.25, -0.2) is 0 Å². The molecule has 0 atom stereocenters. The van der Waals surface area contributed by atoms with Crippen LogP contribution >= 0.6 is 23.2 Å². The maximum atomic E-state index is 11.7. The van der Waals surface area contributed by atoms with Crippen LogP contribution in [0.1, 0.15) is 11.3 Å². The standard InChI is InChI=1S/C14H10Cl2N2O4/c15-10-2-1-9(12(16)7-10)8-17-13(19)5-3-11-4-6-14(22-11)18(20)21/h1-7H,8H2,(H,17,19)/b5-3+. The highest BCUT2D eigenvalue weighted by Gasteiger charge is 2.10. The van der Waals surface area contributed by atoms with Crippen molar-refractivity contribution in [2.45, 2.75) is 6.54 Å². The number of amides is 1. The van der Waals surface area contributed by atoms with Crippen molar-refractivity contribution < 1.29 is 14.1 Å². The maximum Gasteiger partial charge on any atom is 0.433 e. The van der Waals surface area contributed by atoms with Gasteiger partial charge in [-0.15, -0.1) is 0 Å². The molecule has 0 aliphatic heterocycles. The fourth-order valence-corrected chi connectivity index (χ4v) is 2.07. The van der Waals surface area contributed by atoms with Crippen molar-refractivity contribution in [1.82, 2.24) is 5.32 Å². The van der Waals surface area contributed by atoms with Gasteiger partial charge in [-0.1, -0.05) is 29.3 Å². The zero-order chi connectivity index (χ0) is 16.1. The van der Waals surface area contributed by atoms with E-state index in [4.69, 9.17) is 27.6 Å². The molecule has 0 unspecified atom stereocenters. The highest BCUT2D eigenvalue weighted by molar-refractivity contribution is 6.35. The summed E-state index contributed by atoms with van der Waals surface area (Å²) in [7, 11) is 0. The van der Waals surface area contributed by atoms with Gasteiger partial charge in [0.15, 0.2) is 0 Å². The molecule has 0 saturated heterocycles. The normalized spacial score (nSPS) is 10.8. The highest BCUT2D eigenvalue weighted by Crippen LogP contribution is 2.20. The molecule has 1 N–H and O–H groups in total. The van der Waals surface area contributed by atoms with Gasteiger partial charge in [-0.3, -0.25) is 14.9 Å². The SMILES string of the molecule is O=C(/C=C/c1ccc([N+](=O)[O-])o1)NCc1ccc(Cl)cc1Cl. The van der Waals surface area contributed by atoms with E-state index in [0.29, 0.717) is 10.0 Å². The maximum absolute atomic E-state index is 11.7. The summed E-state index contributed by atoms with van der Waals surface area (Å²) in [5.41, 5.74) is 0.724. The minimum atomic E-state index is -0.653. The lowest BCUT2D eigenvalue weighted by Crippen LogP contribution is -2.20. The van der Waals surface area contributed by atoms with Gasteiger partial charge in [0, 0.05) is 22.7 Å². The number of benzene rings is 1. The van der Waals surface area contributed by atoms with E-state index >= 15 is 0 Å². The van der Waals surface area contributed by atoms with Gasteiger partial charge in [0.1, 0.15) is 10.7 Å². The highest BCUT2D eigenvalue weighted by atomic mass is 35.5. The summed E-state index contributed by atoms with van der Waals surface area (Å²) in [5, 5.41) is 14.1. The third-order valence-electron chi connectivity index (χ3n) is 2.66. The van der Waals surface area contributed by atoms with Crippen LogP contribution in [0.4, 0.5) is 5.88 Å². The third-order valence-corrected chi connectivity index (χ3v) is 3.25. The Balaban J connectivity index is 1.92. The summed E-state index contributed by atoms with van der Waals surface area (Å²) >= 11 is 11.8. The van der Waals surface area contributed by atoms with Crippen molar-refractivity contribution in [3.8, 4) is 0 Å². The molecule has 0 spiro atoms. The van der Waals surface area contributed by atoms with Crippen molar-refractivity contribution in [3.05, 3.63) is 67.9 Å². The first-order valence-electron chi connectivity index (χ1n) is 6.10. The van der Waals surface area contributed by atoms with E-state index in [1.54, 1.807) is 18.2 Å².